The number of imide groups is 1. The second kappa shape index (κ2) is 7.38. The monoisotopic (exact) mass is 354 g/mol. The van der Waals surface area contributed by atoms with Gasteiger partial charge in [-0.1, -0.05) is 0 Å². The predicted molar refractivity (Wildman–Crippen MR) is 87.3 cm³/mol. The molecule has 0 saturated heterocycles. The van der Waals surface area contributed by atoms with Crippen LogP contribution in [-0.4, -0.2) is 49.2 Å². The van der Waals surface area contributed by atoms with Crippen LogP contribution in [0.25, 0.3) is 5.69 Å². The number of rotatable bonds is 5. The van der Waals surface area contributed by atoms with Gasteiger partial charge in [-0.25, -0.2) is 9.48 Å². The van der Waals surface area contributed by atoms with Gasteiger partial charge in [0.25, 0.3) is 11.8 Å². The summed E-state index contributed by atoms with van der Waals surface area (Å²) < 4.78 is 7.91. The van der Waals surface area contributed by atoms with Gasteiger partial charge in [0.15, 0.2) is 6.61 Å². The van der Waals surface area contributed by atoms with Crippen molar-refractivity contribution in [3.8, 4) is 5.69 Å². The van der Waals surface area contributed by atoms with Gasteiger partial charge >= 0.3 is 5.97 Å². The van der Waals surface area contributed by atoms with Crippen molar-refractivity contribution < 1.29 is 19.1 Å². The number of ether oxygens (including phenoxy) is 1. The molecule has 2 aromatic heterocycles. The summed E-state index contributed by atoms with van der Waals surface area (Å²) in [6, 6.07) is 9.55. The van der Waals surface area contributed by atoms with E-state index >= 15 is 0 Å². The zero-order chi connectivity index (χ0) is 18.5. The molecule has 0 aliphatic heterocycles. The normalized spacial score (nSPS) is 10.3. The van der Waals surface area contributed by atoms with Crippen LogP contribution in [0.1, 0.15) is 20.8 Å². The molecule has 0 radical (unpaired) electrons. The average molecular weight is 354 g/mol. The van der Waals surface area contributed by atoms with Crippen molar-refractivity contribution in [3.63, 3.8) is 0 Å². The number of hydrogen-bond donors (Lipinski definition) is 1. The third-order valence-corrected chi connectivity index (χ3v) is 3.48. The fraction of sp³-hybridized carbons (Fsp3) is 0.125. The number of nitrogens with one attached hydrogen (secondary N) is 1. The lowest BCUT2D eigenvalue weighted by molar-refractivity contribution is -0.123. The molecule has 0 aliphatic rings. The van der Waals surface area contributed by atoms with Gasteiger partial charge < -0.3 is 9.30 Å². The third kappa shape index (κ3) is 3.80. The van der Waals surface area contributed by atoms with Crippen molar-refractivity contribution in [2.24, 2.45) is 7.05 Å². The summed E-state index contributed by atoms with van der Waals surface area (Å²) in [7, 11) is 1.68. The Bertz CT molecular complexity index is 930. The molecule has 0 saturated carbocycles. The lowest BCUT2D eigenvalue weighted by Gasteiger charge is -2.07. The van der Waals surface area contributed by atoms with Gasteiger partial charge in [-0.05, 0) is 46.8 Å². The number of nitrogens with zero attached hydrogens (tertiary/aromatic N) is 5. The Labute approximate surface area is 147 Å². The Morgan fingerprint density at radius 3 is 2.54 bits per heavy atom. The maximum atomic E-state index is 12.0. The highest BCUT2D eigenvalue weighted by Crippen LogP contribution is 2.09. The van der Waals surface area contributed by atoms with Crippen LogP contribution >= 0.6 is 0 Å². The largest absolute Gasteiger partial charge is 0.452 e. The minimum absolute atomic E-state index is 0.253. The Kier molecular flexibility index (Phi) is 4.83. The molecule has 3 rings (SSSR count). The zero-order valence-electron chi connectivity index (χ0n) is 13.7. The summed E-state index contributed by atoms with van der Waals surface area (Å²) in [5, 5.41) is 12.9. The molecule has 132 valence electrons. The maximum Gasteiger partial charge on any atom is 0.338 e. The Morgan fingerprint density at radius 1 is 1.15 bits per heavy atom. The second-order valence-electron chi connectivity index (χ2n) is 5.26. The number of tetrazole rings is 1. The van der Waals surface area contributed by atoms with E-state index < -0.39 is 24.4 Å². The molecule has 2 amide bonds. The first-order valence-corrected chi connectivity index (χ1v) is 7.50. The smallest absolute Gasteiger partial charge is 0.338 e. The van der Waals surface area contributed by atoms with E-state index in [0.717, 1.165) is 0 Å². The zero-order valence-corrected chi connectivity index (χ0v) is 13.7. The molecule has 1 aromatic carbocycles. The molecule has 0 bridgehead atoms. The summed E-state index contributed by atoms with van der Waals surface area (Å²) in [4.78, 5) is 35.6. The lowest BCUT2D eigenvalue weighted by Crippen LogP contribution is -2.35. The van der Waals surface area contributed by atoms with Crippen LogP contribution in [0.2, 0.25) is 0 Å². The number of amides is 2. The van der Waals surface area contributed by atoms with E-state index in [0.29, 0.717) is 11.4 Å². The van der Waals surface area contributed by atoms with E-state index in [1.807, 2.05) is 0 Å². The van der Waals surface area contributed by atoms with Gasteiger partial charge in [-0.2, -0.15) is 0 Å². The highest BCUT2D eigenvalue weighted by Gasteiger charge is 2.15. The average Bonchev–Trinajstić information content (AvgIpc) is 3.31. The molecule has 10 heteroatoms. The highest BCUT2D eigenvalue weighted by molar-refractivity contribution is 6.04. The van der Waals surface area contributed by atoms with Crippen LogP contribution < -0.4 is 5.32 Å². The summed E-state index contributed by atoms with van der Waals surface area (Å²) in [6.45, 7) is -0.566. The first-order chi connectivity index (χ1) is 12.5. The highest BCUT2D eigenvalue weighted by atomic mass is 16.5. The molecular weight excluding hydrogens is 340 g/mol. The first kappa shape index (κ1) is 17.0. The van der Waals surface area contributed by atoms with Crippen molar-refractivity contribution >= 4 is 17.8 Å². The quantitative estimate of drug-likeness (QED) is 0.646. The Hall–Kier alpha value is -3.82. The Balaban J connectivity index is 1.52. The van der Waals surface area contributed by atoms with Gasteiger partial charge in [0, 0.05) is 13.2 Å². The summed E-state index contributed by atoms with van der Waals surface area (Å²) in [6.07, 6.45) is 3.10. The van der Waals surface area contributed by atoms with Crippen LogP contribution in [0.5, 0.6) is 0 Å². The molecule has 0 atom stereocenters. The van der Waals surface area contributed by atoms with E-state index in [1.165, 1.54) is 23.1 Å². The molecule has 2 heterocycles. The minimum atomic E-state index is -0.713. The lowest BCUT2D eigenvalue weighted by atomic mass is 10.2. The fourth-order valence-electron chi connectivity index (χ4n) is 2.17. The number of aromatic nitrogens is 5. The van der Waals surface area contributed by atoms with Crippen LogP contribution in [0, 0.1) is 0 Å². The molecule has 0 fully saturated rings. The topological polar surface area (TPSA) is 121 Å². The van der Waals surface area contributed by atoms with E-state index in [2.05, 4.69) is 20.8 Å². The van der Waals surface area contributed by atoms with Crippen molar-refractivity contribution in [2.45, 2.75) is 0 Å². The van der Waals surface area contributed by atoms with Crippen LogP contribution in [0.15, 0.2) is 48.9 Å². The molecular formula is C16H14N6O4. The molecule has 26 heavy (non-hydrogen) atoms. The Morgan fingerprint density at radius 2 is 1.92 bits per heavy atom. The van der Waals surface area contributed by atoms with Crippen LogP contribution in [-0.2, 0) is 16.6 Å². The standard InChI is InChI=1S/C16H14N6O4/c1-21-8-2-3-13(21)15(24)18-14(23)9-26-16(25)11-4-6-12(7-5-11)22-10-17-19-20-22/h2-8,10H,9H2,1H3,(H,18,23,24). The molecule has 10 nitrogen and oxygen atoms in total. The van der Waals surface area contributed by atoms with Gasteiger partial charge in [0.2, 0.25) is 0 Å². The summed E-state index contributed by atoms with van der Waals surface area (Å²) >= 11 is 0. The van der Waals surface area contributed by atoms with E-state index in [1.54, 1.807) is 42.1 Å². The number of hydrogen-bond acceptors (Lipinski definition) is 7. The van der Waals surface area contributed by atoms with Crippen LogP contribution in [0.3, 0.4) is 0 Å². The molecule has 0 aliphatic carbocycles. The van der Waals surface area contributed by atoms with Crippen molar-refractivity contribution in [2.75, 3.05) is 6.61 Å². The molecule has 0 spiro atoms. The minimum Gasteiger partial charge on any atom is -0.452 e. The van der Waals surface area contributed by atoms with Crippen LogP contribution in [0.4, 0.5) is 0 Å². The van der Waals surface area contributed by atoms with Crippen molar-refractivity contribution in [1.29, 1.82) is 0 Å². The summed E-state index contributed by atoms with van der Waals surface area (Å²) in [5.41, 5.74) is 1.24. The third-order valence-electron chi connectivity index (χ3n) is 3.48. The second-order valence-corrected chi connectivity index (χ2v) is 5.26. The number of esters is 1. The maximum absolute atomic E-state index is 12.0. The van der Waals surface area contributed by atoms with Gasteiger partial charge in [-0.3, -0.25) is 14.9 Å². The number of carbonyl (C=O) groups is 3. The molecule has 1 N–H and O–H groups in total. The number of aryl methyl sites for hydroxylation is 1. The van der Waals surface area contributed by atoms with Crippen molar-refractivity contribution in [1.82, 2.24) is 30.1 Å². The first-order valence-electron chi connectivity index (χ1n) is 7.50. The summed E-state index contributed by atoms with van der Waals surface area (Å²) in [5.74, 6) is -1.96. The number of benzene rings is 1. The molecule has 3 aromatic rings. The van der Waals surface area contributed by atoms with Gasteiger partial charge in [0.05, 0.1) is 11.3 Å². The van der Waals surface area contributed by atoms with Gasteiger partial charge in [0.1, 0.15) is 12.0 Å². The SMILES string of the molecule is Cn1cccc1C(=O)NC(=O)COC(=O)c1ccc(-n2cnnn2)cc1. The van der Waals surface area contributed by atoms with Crippen molar-refractivity contribution in [3.05, 3.63) is 60.2 Å². The number of carbonyl (C=O) groups excluding carboxylic acids is 3. The fourth-order valence-corrected chi connectivity index (χ4v) is 2.17. The van der Waals surface area contributed by atoms with E-state index in [4.69, 9.17) is 4.74 Å². The van der Waals surface area contributed by atoms with E-state index in [-0.39, 0.29) is 5.56 Å². The predicted octanol–water partition coefficient (Wildman–Crippen LogP) is 0.114. The molecule has 0 unspecified atom stereocenters. The van der Waals surface area contributed by atoms with E-state index in [9.17, 15) is 14.4 Å². The van der Waals surface area contributed by atoms with Gasteiger partial charge in [-0.15, -0.1) is 5.10 Å².